The Bertz CT molecular complexity index is 1840. The van der Waals surface area contributed by atoms with Gasteiger partial charge in [-0.3, -0.25) is 9.36 Å². The molecule has 11 heteroatoms. The van der Waals surface area contributed by atoms with Crippen molar-refractivity contribution in [1.29, 1.82) is 0 Å². The first-order valence-corrected chi connectivity index (χ1v) is 12.4. The Morgan fingerprint density at radius 3 is 2.07 bits per heavy atom. The van der Waals surface area contributed by atoms with E-state index in [0.717, 1.165) is 22.3 Å². The van der Waals surface area contributed by atoms with E-state index in [0.29, 0.717) is 28.9 Å². The average molecular weight is 580 g/mol. The van der Waals surface area contributed by atoms with Gasteiger partial charge >= 0.3 is 12.4 Å². The van der Waals surface area contributed by atoms with Crippen LogP contribution in [-0.4, -0.2) is 32.0 Å². The van der Waals surface area contributed by atoms with Gasteiger partial charge in [-0.25, -0.2) is 9.97 Å². The molecule has 5 aromatic rings. The van der Waals surface area contributed by atoms with Gasteiger partial charge < -0.3 is 5.11 Å². The van der Waals surface area contributed by atoms with E-state index in [4.69, 9.17) is 0 Å². The first-order valence-electron chi connectivity index (χ1n) is 12.4. The molecule has 0 radical (unpaired) electrons. The van der Waals surface area contributed by atoms with Gasteiger partial charge in [-0.05, 0) is 53.9 Å². The summed E-state index contributed by atoms with van der Waals surface area (Å²) in [6.45, 7) is 0. The van der Waals surface area contributed by atoms with Crippen LogP contribution in [0.5, 0.6) is 0 Å². The summed E-state index contributed by atoms with van der Waals surface area (Å²) in [5.74, 6) is 5.99. The van der Waals surface area contributed by atoms with Crippen LogP contribution < -0.4 is 5.56 Å². The van der Waals surface area contributed by atoms with Crippen LogP contribution in [0.4, 0.5) is 26.3 Å². The number of pyridine rings is 1. The molecule has 42 heavy (non-hydrogen) atoms. The maximum Gasteiger partial charge on any atom is 0.430 e. The Morgan fingerprint density at radius 1 is 0.786 bits per heavy atom. The summed E-state index contributed by atoms with van der Waals surface area (Å²) in [7, 11) is 0. The van der Waals surface area contributed by atoms with Crippen LogP contribution in [-0.2, 0) is 12.0 Å². The molecule has 5 nitrogen and oxygen atoms in total. The minimum absolute atomic E-state index is 0.0410. The molecule has 3 aromatic carbocycles. The van der Waals surface area contributed by atoms with Crippen molar-refractivity contribution in [3.05, 3.63) is 136 Å². The topological polar surface area (TPSA) is 68.0 Å². The van der Waals surface area contributed by atoms with Gasteiger partial charge in [0.15, 0.2) is 0 Å². The standard InChI is InChI=1S/C31H19F6N3O2/c32-30(33,34)29(42,31(35,36)37)22-11-14-24(15-12-22)40-27(19-20-6-2-1-3-7-20)39-26-16-10-21(18-25(26)28(40)41)9-13-23-8-4-5-17-38-23/h1-8,10-12,14-18,42H,19H2. The number of rotatable bonds is 4. The Labute approximate surface area is 234 Å². The number of benzene rings is 3. The van der Waals surface area contributed by atoms with Crippen molar-refractivity contribution in [1.82, 2.24) is 14.5 Å². The number of aromatic nitrogens is 3. The van der Waals surface area contributed by atoms with Gasteiger partial charge in [0.2, 0.25) is 0 Å². The lowest BCUT2D eigenvalue weighted by molar-refractivity contribution is -0.376. The second-order valence-electron chi connectivity index (χ2n) is 9.28. The molecule has 5 rings (SSSR count). The number of fused-ring (bicyclic) bond motifs is 1. The number of hydrogen-bond donors (Lipinski definition) is 1. The number of alkyl halides is 6. The fourth-order valence-electron chi connectivity index (χ4n) is 4.39. The zero-order valence-corrected chi connectivity index (χ0v) is 21.4. The van der Waals surface area contributed by atoms with Gasteiger partial charge in [0.25, 0.3) is 11.2 Å². The van der Waals surface area contributed by atoms with Crippen molar-refractivity contribution in [2.75, 3.05) is 0 Å². The highest BCUT2D eigenvalue weighted by atomic mass is 19.4. The van der Waals surface area contributed by atoms with Gasteiger partial charge in [-0.2, -0.15) is 26.3 Å². The SMILES string of the molecule is O=c1c2cc(C#Cc3ccccn3)ccc2nc(Cc2ccccc2)n1-c1ccc(C(O)(C(F)(F)F)C(F)(F)F)cc1. The fraction of sp³-hybridized carbons (Fsp3) is 0.129. The number of aliphatic hydroxyl groups is 1. The van der Waals surface area contributed by atoms with Crippen molar-refractivity contribution in [3.8, 4) is 17.5 Å². The van der Waals surface area contributed by atoms with Crippen LogP contribution in [0.3, 0.4) is 0 Å². The molecule has 212 valence electrons. The molecule has 0 atom stereocenters. The van der Waals surface area contributed by atoms with Gasteiger partial charge in [-0.1, -0.05) is 54.5 Å². The lowest BCUT2D eigenvalue weighted by atomic mass is 9.92. The van der Waals surface area contributed by atoms with Crippen LogP contribution in [0.25, 0.3) is 16.6 Å². The molecule has 0 fully saturated rings. The van der Waals surface area contributed by atoms with E-state index >= 15 is 0 Å². The highest BCUT2D eigenvalue weighted by Gasteiger charge is 2.71. The summed E-state index contributed by atoms with van der Waals surface area (Å²) in [5.41, 5.74) is -5.14. The number of nitrogens with zero attached hydrogens (tertiary/aromatic N) is 3. The highest BCUT2D eigenvalue weighted by Crippen LogP contribution is 2.50. The van der Waals surface area contributed by atoms with Gasteiger partial charge in [0.05, 0.1) is 16.6 Å². The summed E-state index contributed by atoms with van der Waals surface area (Å²) in [6.07, 6.45) is -10.4. The zero-order valence-electron chi connectivity index (χ0n) is 21.4. The third-order valence-corrected chi connectivity index (χ3v) is 6.51. The monoisotopic (exact) mass is 579 g/mol. The van der Waals surface area contributed by atoms with Gasteiger partial charge in [-0.15, -0.1) is 0 Å². The van der Waals surface area contributed by atoms with E-state index < -0.39 is 29.1 Å². The lowest BCUT2D eigenvalue weighted by Gasteiger charge is -2.32. The molecule has 0 amide bonds. The Balaban J connectivity index is 1.66. The normalized spacial score (nSPS) is 12.2. The number of halogens is 6. The molecule has 0 aliphatic heterocycles. The first kappa shape index (κ1) is 28.6. The summed E-state index contributed by atoms with van der Waals surface area (Å²) in [5, 5.41) is 9.91. The summed E-state index contributed by atoms with van der Waals surface area (Å²) >= 11 is 0. The van der Waals surface area contributed by atoms with Gasteiger partial charge in [0.1, 0.15) is 11.5 Å². The molecular weight excluding hydrogens is 560 g/mol. The van der Waals surface area contributed by atoms with E-state index in [1.54, 1.807) is 66.9 Å². The van der Waals surface area contributed by atoms with E-state index in [9.17, 15) is 36.2 Å². The zero-order chi connectivity index (χ0) is 30.1. The average Bonchev–Trinajstić information content (AvgIpc) is 2.96. The quantitative estimate of drug-likeness (QED) is 0.207. The summed E-state index contributed by atoms with van der Waals surface area (Å²) in [4.78, 5) is 22.6. The van der Waals surface area contributed by atoms with Gasteiger partial charge in [0, 0.05) is 23.7 Å². The predicted octanol–water partition coefficient (Wildman–Crippen LogP) is 6.08. The largest absolute Gasteiger partial charge is 0.430 e. The van der Waals surface area contributed by atoms with Crippen molar-refractivity contribution >= 4 is 10.9 Å². The minimum Gasteiger partial charge on any atom is -0.369 e. The smallest absolute Gasteiger partial charge is 0.369 e. The molecule has 0 unspecified atom stereocenters. The molecule has 2 aromatic heterocycles. The third kappa shape index (κ3) is 5.36. The predicted molar refractivity (Wildman–Crippen MR) is 143 cm³/mol. The van der Waals surface area contributed by atoms with Crippen molar-refractivity contribution in [2.45, 2.75) is 24.4 Å². The molecule has 0 bridgehead atoms. The summed E-state index contributed by atoms with van der Waals surface area (Å²) in [6, 6.07) is 21.7. The Morgan fingerprint density at radius 2 is 1.45 bits per heavy atom. The van der Waals surface area contributed by atoms with Crippen LogP contribution in [0.15, 0.2) is 102 Å². The lowest BCUT2D eigenvalue weighted by Crippen LogP contribution is -2.53. The van der Waals surface area contributed by atoms with E-state index in [-0.39, 0.29) is 23.3 Å². The highest BCUT2D eigenvalue weighted by molar-refractivity contribution is 5.80. The molecular formula is C31H19F6N3O2. The molecule has 2 heterocycles. The molecule has 0 spiro atoms. The Kier molecular flexibility index (Phi) is 7.34. The van der Waals surface area contributed by atoms with Crippen molar-refractivity contribution < 1.29 is 31.4 Å². The first-order chi connectivity index (χ1) is 19.9. The Hall–Kier alpha value is -4.95. The maximum atomic E-state index is 13.8. The maximum absolute atomic E-state index is 13.8. The number of hydrogen-bond acceptors (Lipinski definition) is 4. The molecule has 0 saturated heterocycles. The van der Waals surface area contributed by atoms with Crippen LogP contribution in [0.2, 0.25) is 0 Å². The molecule has 1 N–H and O–H groups in total. The van der Waals surface area contributed by atoms with Crippen LogP contribution >= 0.6 is 0 Å². The van der Waals surface area contributed by atoms with E-state index in [1.807, 2.05) is 0 Å². The van der Waals surface area contributed by atoms with E-state index in [1.165, 1.54) is 6.07 Å². The summed E-state index contributed by atoms with van der Waals surface area (Å²) < 4.78 is 81.6. The van der Waals surface area contributed by atoms with Crippen molar-refractivity contribution in [2.24, 2.45) is 0 Å². The second-order valence-corrected chi connectivity index (χ2v) is 9.28. The van der Waals surface area contributed by atoms with Crippen molar-refractivity contribution in [3.63, 3.8) is 0 Å². The second kappa shape index (κ2) is 10.8. The molecule has 0 aliphatic rings. The van der Waals surface area contributed by atoms with Crippen LogP contribution in [0.1, 0.15) is 28.2 Å². The molecule has 0 aliphatic carbocycles. The fourth-order valence-corrected chi connectivity index (χ4v) is 4.39. The third-order valence-electron chi connectivity index (χ3n) is 6.51. The minimum atomic E-state index is -6.04. The molecule has 0 saturated carbocycles. The van der Waals surface area contributed by atoms with E-state index in [2.05, 4.69) is 21.8 Å². The van der Waals surface area contributed by atoms with Crippen LogP contribution in [0, 0.1) is 11.8 Å².